The summed E-state index contributed by atoms with van der Waals surface area (Å²) in [5.74, 6) is -0.809. The summed E-state index contributed by atoms with van der Waals surface area (Å²) in [7, 11) is 0. The van der Waals surface area contributed by atoms with Gasteiger partial charge in [0.1, 0.15) is 0 Å². The second kappa shape index (κ2) is 4.20. The molecule has 2 aromatic rings. The second-order valence-electron chi connectivity index (χ2n) is 4.18. The van der Waals surface area contributed by atoms with Crippen LogP contribution in [0, 0.1) is 0 Å². The molecule has 4 nitrogen and oxygen atoms in total. The number of phenols is 1. The van der Waals surface area contributed by atoms with Gasteiger partial charge in [-0.1, -0.05) is 24.3 Å². The van der Waals surface area contributed by atoms with Crippen molar-refractivity contribution in [3.05, 3.63) is 58.7 Å². The van der Waals surface area contributed by atoms with Crippen molar-refractivity contribution < 1.29 is 14.7 Å². The van der Waals surface area contributed by atoms with E-state index >= 15 is 0 Å². The van der Waals surface area contributed by atoms with Crippen LogP contribution in [-0.4, -0.2) is 16.7 Å². The van der Waals surface area contributed by atoms with Crippen molar-refractivity contribution in [2.45, 2.75) is 0 Å². The zero-order valence-electron chi connectivity index (χ0n) is 9.61. The van der Waals surface area contributed by atoms with E-state index in [0.29, 0.717) is 16.8 Å². The number of carbonyl (C=O) groups is 2. The van der Waals surface area contributed by atoms with Gasteiger partial charge in [-0.2, -0.15) is 0 Å². The van der Waals surface area contributed by atoms with Gasteiger partial charge >= 0.3 is 0 Å². The van der Waals surface area contributed by atoms with Crippen molar-refractivity contribution in [1.82, 2.24) is 0 Å². The topological polar surface area (TPSA) is 66.4 Å². The lowest BCUT2D eigenvalue weighted by Crippen LogP contribution is -2.21. The Balaban J connectivity index is 2.33. The van der Waals surface area contributed by atoms with Gasteiger partial charge in [0.15, 0.2) is 17.3 Å². The van der Waals surface area contributed by atoms with Crippen molar-refractivity contribution in [2.24, 2.45) is 0 Å². The van der Waals surface area contributed by atoms with Crippen molar-refractivity contribution in [1.29, 1.82) is 0 Å². The number of aromatic hydroxyl groups is 1. The Morgan fingerprint density at radius 3 is 2.16 bits per heavy atom. The van der Waals surface area contributed by atoms with Gasteiger partial charge in [0, 0.05) is 32.8 Å². The van der Waals surface area contributed by atoms with E-state index in [2.05, 4.69) is 20.5 Å². The molecular weight excluding hydrogens is 310 g/mol. The van der Waals surface area contributed by atoms with Crippen LogP contribution >= 0.6 is 16.1 Å². The van der Waals surface area contributed by atoms with Crippen molar-refractivity contribution in [3.63, 3.8) is 0 Å². The first-order chi connectivity index (χ1) is 9.15. The summed E-state index contributed by atoms with van der Waals surface area (Å²) in [6.45, 7) is 0. The summed E-state index contributed by atoms with van der Waals surface area (Å²) in [5.41, 5.74) is 1.32. The molecule has 0 amide bonds. The molecule has 0 atom stereocenters. The van der Waals surface area contributed by atoms with Gasteiger partial charge < -0.3 is 9.45 Å². The number of benzene rings is 2. The molecule has 0 aliphatic heterocycles. The summed E-state index contributed by atoms with van der Waals surface area (Å²) in [6, 6.07) is 9.69. The minimum Gasteiger partial charge on any atom is -0.505 e. The van der Waals surface area contributed by atoms with E-state index < -0.39 is 0 Å². The number of fused-ring (bicyclic) bond motifs is 2. The van der Waals surface area contributed by atoms with E-state index in [1.165, 1.54) is 6.07 Å². The maximum absolute atomic E-state index is 12.4. The van der Waals surface area contributed by atoms with Crippen LogP contribution in [0.15, 0.2) is 36.4 Å². The van der Waals surface area contributed by atoms with Gasteiger partial charge in [0.2, 0.25) is 0 Å². The number of ketones is 2. The van der Waals surface area contributed by atoms with Crippen molar-refractivity contribution in [2.75, 3.05) is 4.34 Å². The smallest absolute Gasteiger partial charge is 0.198 e. The molecule has 0 heterocycles. The number of hydrogen-bond donors (Lipinski definition) is 2. The predicted molar refractivity (Wildman–Crippen MR) is 74.0 cm³/mol. The van der Waals surface area contributed by atoms with Crippen LogP contribution in [0.3, 0.4) is 0 Å². The zero-order valence-corrected chi connectivity index (χ0v) is 11.2. The van der Waals surface area contributed by atoms with E-state index in [1.54, 1.807) is 30.3 Å². The minimum atomic E-state index is -0.340. The average Bonchev–Trinajstić information content (AvgIpc) is 2.44. The first kappa shape index (κ1) is 11.9. The molecule has 0 bridgehead atoms. The van der Waals surface area contributed by atoms with Crippen LogP contribution in [0.4, 0.5) is 5.69 Å². The van der Waals surface area contributed by atoms with E-state index in [9.17, 15) is 14.7 Å². The van der Waals surface area contributed by atoms with Crippen molar-refractivity contribution in [3.8, 4) is 5.75 Å². The van der Waals surface area contributed by atoms with Crippen LogP contribution in [-0.2, 0) is 0 Å². The predicted octanol–water partition coefficient (Wildman–Crippen LogP) is 2.89. The molecule has 0 saturated carbocycles. The lowest BCUT2D eigenvalue weighted by molar-refractivity contribution is 0.0977. The van der Waals surface area contributed by atoms with Crippen LogP contribution in [0.2, 0.25) is 0 Å². The molecular formula is C14H8BrNO3. The number of carbonyl (C=O) groups excluding carboxylic acids is 2. The highest BCUT2D eigenvalue weighted by Crippen LogP contribution is 2.37. The summed E-state index contributed by atoms with van der Waals surface area (Å²) in [5, 5.41) is 10.1. The van der Waals surface area contributed by atoms with Crippen molar-refractivity contribution >= 4 is 33.4 Å². The fourth-order valence-corrected chi connectivity index (χ4v) is 2.57. The van der Waals surface area contributed by atoms with Gasteiger partial charge in [-0.15, -0.1) is 0 Å². The largest absolute Gasteiger partial charge is 0.505 e. The Bertz CT molecular complexity index is 725. The van der Waals surface area contributed by atoms with Gasteiger partial charge in [0.05, 0.1) is 11.3 Å². The quantitative estimate of drug-likeness (QED) is 0.535. The molecule has 3 rings (SSSR count). The Morgan fingerprint density at radius 1 is 0.895 bits per heavy atom. The highest BCUT2D eigenvalue weighted by molar-refractivity contribution is 9.10. The molecule has 1 aliphatic carbocycles. The highest BCUT2D eigenvalue weighted by Gasteiger charge is 2.32. The molecule has 19 heavy (non-hydrogen) atoms. The summed E-state index contributed by atoms with van der Waals surface area (Å²) in [4.78, 5) is 24.7. The van der Waals surface area contributed by atoms with Gasteiger partial charge in [-0.05, 0) is 12.1 Å². The highest BCUT2D eigenvalue weighted by atomic mass is 79.9. The first-order valence-corrected chi connectivity index (χ1v) is 6.35. The first-order valence-electron chi connectivity index (χ1n) is 5.56. The normalized spacial score (nSPS) is 12.9. The zero-order chi connectivity index (χ0) is 13.6. The second-order valence-corrected chi connectivity index (χ2v) is 4.58. The Kier molecular flexibility index (Phi) is 2.64. The number of rotatable bonds is 1. The molecule has 5 heteroatoms. The maximum Gasteiger partial charge on any atom is 0.198 e. The number of hydrogen-bond acceptors (Lipinski definition) is 4. The molecule has 0 radical (unpaired) electrons. The van der Waals surface area contributed by atoms with Gasteiger partial charge in [-0.25, -0.2) is 0 Å². The fraction of sp³-hybridized carbons (Fsp3) is 0. The molecule has 1 aliphatic rings. The monoisotopic (exact) mass is 317 g/mol. The SMILES string of the molecule is O=C1c2ccccc2C(=O)c2c1ccc(NBr)c2O. The molecule has 2 N–H and O–H groups in total. The van der Waals surface area contributed by atoms with Gasteiger partial charge in [-0.3, -0.25) is 9.59 Å². The standard InChI is InChI=1S/C14H8BrNO3/c15-16-10-6-5-9-11(14(10)19)13(18)8-4-2-1-3-7(8)12(9)17/h1-6,16,19H. The van der Waals surface area contributed by atoms with Crippen LogP contribution in [0.1, 0.15) is 31.8 Å². The lowest BCUT2D eigenvalue weighted by Gasteiger charge is -2.19. The summed E-state index contributed by atoms with van der Waals surface area (Å²) >= 11 is 3.00. The molecule has 0 saturated heterocycles. The third-order valence-electron chi connectivity index (χ3n) is 3.17. The summed E-state index contributed by atoms with van der Waals surface area (Å²) in [6.07, 6.45) is 0. The van der Waals surface area contributed by atoms with E-state index in [1.807, 2.05) is 0 Å². The van der Waals surface area contributed by atoms with Crippen LogP contribution < -0.4 is 4.34 Å². The molecule has 94 valence electrons. The average molecular weight is 318 g/mol. The summed E-state index contributed by atoms with van der Waals surface area (Å²) < 4.78 is 2.60. The third kappa shape index (κ3) is 1.58. The van der Waals surface area contributed by atoms with E-state index in [0.717, 1.165) is 0 Å². The lowest BCUT2D eigenvalue weighted by atomic mass is 9.83. The minimum absolute atomic E-state index is 0.0492. The van der Waals surface area contributed by atoms with Gasteiger partial charge in [0.25, 0.3) is 0 Å². The molecule has 2 aromatic carbocycles. The number of nitrogens with one attached hydrogen (secondary N) is 1. The van der Waals surface area contributed by atoms with E-state index in [4.69, 9.17) is 0 Å². The molecule has 0 fully saturated rings. The van der Waals surface area contributed by atoms with E-state index in [-0.39, 0.29) is 28.4 Å². The Labute approximate surface area is 117 Å². The van der Waals surface area contributed by atoms with Crippen LogP contribution in [0.5, 0.6) is 5.75 Å². The third-order valence-corrected chi connectivity index (χ3v) is 3.59. The Morgan fingerprint density at radius 2 is 1.53 bits per heavy atom. The Hall–Kier alpha value is -2.14. The molecule has 0 aromatic heterocycles. The fourth-order valence-electron chi connectivity index (χ4n) is 2.25. The number of halogens is 1. The number of phenolic OH excluding ortho intramolecular Hbond substituents is 1. The molecule has 0 unspecified atom stereocenters. The molecule has 0 spiro atoms. The number of anilines is 1. The van der Waals surface area contributed by atoms with Crippen LogP contribution in [0.25, 0.3) is 0 Å². The maximum atomic E-state index is 12.4.